The monoisotopic (exact) mass is 229 g/mol. The average Bonchev–Trinajstić information content (AvgIpc) is 1.98. The van der Waals surface area contributed by atoms with Gasteiger partial charge >= 0.3 is 68.4 Å². The third-order valence-corrected chi connectivity index (χ3v) is 3.05. The van der Waals surface area contributed by atoms with Gasteiger partial charge in [0.25, 0.3) is 0 Å². The Kier molecular flexibility index (Phi) is 1.89. The molecule has 0 N–H and O–H groups in total. The van der Waals surface area contributed by atoms with Gasteiger partial charge in [-0.15, -0.1) is 0 Å². The maximum absolute atomic E-state index is 5.38. The summed E-state index contributed by atoms with van der Waals surface area (Å²) in [6.45, 7) is 6.22. The maximum atomic E-state index is 5.38. The molecule has 0 spiro atoms. The number of hydrogen-bond donors (Lipinski definition) is 0. The van der Waals surface area contributed by atoms with Gasteiger partial charge in [-0.25, -0.2) is 0 Å². The van der Waals surface area contributed by atoms with Crippen molar-refractivity contribution in [1.29, 1.82) is 0 Å². The van der Waals surface area contributed by atoms with Crippen LogP contribution in [0.4, 0.5) is 0 Å². The van der Waals surface area contributed by atoms with Gasteiger partial charge in [0.2, 0.25) is 0 Å². The Morgan fingerprint density at radius 1 is 1.11 bits per heavy atom. The van der Waals surface area contributed by atoms with Crippen LogP contribution in [0.25, 0.3) is 0 Å². The van der Waals surface area contributed by atoms with Gasteiger partial charge in [0.05, 0.1) is 0 Å². The van der Waals surface area contributed by atoms with Crippen molar-refractivity contribution in [2.45, 2.75) is 20.8 Å². The third-order valence-electron chi connectivity index (χ3n) is 1.69. The fourth-order valence-electron chi connectivity index (χ4n) is 0.741. The van der Waals surface area contributed by atoms with Crippen LogP contribution in [0.5, 0.6) is 0 Å². The van der Waals surface area contributed by atoms with Gasteiger partial charge < -0.3 is 0 Å². The first kappa shape index (κ1) is 7.19. The van der Waals surface area contributed by atoms with E-state index in [1.54, 1.807) is 0 Å². The summed E-state index contributed by atoms with van der Waals surface area (Å²) in [5.41, 5.74) is 2.63. The second kappa shape index (κ2) is 2.37. The van der Waals surface area contributed by atoms with E-state index in [0.717, 1.165) is 9.54 Å². The summed E-state index contributed by atoms with van der Waals surface area (Å²) in [6.07, 6.45) is 0. The third kappa shape index (κ3) is 1.15. The molecule has 1 aromatic heterocycles. The summed E-state index contributed by atoms with van der Waals surface area (Å²) in [5, 5.41) is 0. The molecular weight excluding hydrogens is 219 g/mol. The summed E-state index contributed by atoms with van der Waals surface area (Å²) in [6, 6.07) is 0. The molecule has 0 saturated heterocycles. The second-order valence-corrected chi connectivity index (χ2v) is 3.53. The van der Waals surface area contributed by atoms with Gasteiger partial charge in [-0.3, -0.25) is 0 Å². The number of hydrogen-bond acceptors (Lipinski definition) is 1. The molecule has 1 aromatic rings. The molecule has 47 valence electrons. The van der Waals surface area contributed by atoms with E-state index < -0.39 is 0 Å². The van der Waals surface area contributed by atoms with E-state index in [2.05, 4.69) is 13.8 Å². The van der Waals surface area contributed by atoms with Crippen molar-refractivity contribution in [2.24, 2.45) is 0 Å². The fraction of sp³-hybridized carbons (Fsp3) is 0.429. The van der Waals surface area contributed by atoms with Crippen molar-refractivity contribution < 1.29 is 4.42 Å². The molecule has 0 atom stereocenters. The molecule has 1 nitrogen and oxygen atoms in total. The Balaban J connectivity index is 3.29. The zero-order valence-electron chi connectivity index (χ0n) is 5.91. The first-order valence-corrected chi connectivity index (χ1v) is 4.34. The zero-order chi connectivity index (χ0) is 7.02. The summed E-state index contributed by atoms with van der Waals surface area (Å²) in [5.74, 6) is 1.07. The molecule has 0 aromatic carbocycles. The van der Waals surface area contributed by atoms with Crippen LogP contribution in [-0.2, 0) is 0 Å². The van der Waals surface area contributed by atoms with Gasteiger partial charge in [-0.1, -0.05) is 0 Å². The van der Waals surface area contributed by atoms with Crippen molar-refractivity contribution in [1.82, 2.24) is 0 Å². The molecule has 0 unspecified atom stereocenters. The molecule has 1 heterocycles. The Morgan fingerprint density at radius 3 is 1.78 bits per heavy atom. The SMILES string of the molecule is Cc1o[c]([Sn])c(C)c1C. The minimum absolute atomic E-state index is 1.07. The van der Waals surface area contributed by atoms with Gasteiger partial charge in [0, 0.05) is 0 Å². The molecule has 9 heavy (non-hydrogen) atoms. The molecular formula is C7H9OSn. The topological polar surface area (TPSA) is 13.1 Å². The molecule has 0 aliphatic heterocycles. The van der Waals surface area contributed by atoms with E-state index in [1.807, 2.05) is 6.92 Å². The van der Waals surface area contributed by atoms with E-state index in [-0.39, 0.29) is 0 Å². The summed E-state index contributed by atoms with van der Waals surface area (Å²) >= 11 is 1.37. The normalized spacial score (nSPS) is 10.2. The predicted molar refractivity (Wildman–Crippen MR) is 38.3 cm³/mol. The van der Waals surface area contributed by atoms with Crippen LogP contribution in [0.3, 0.4) is 0 Å². The van der Waals surface area contributed by atoms with Gasteiger partial charge in [0.15, 0.2) is 0 Å². The molecule has 2 heteroatoms. The second-order valence-electron chi connectivity index (χ2n) is 2.24. The predicted octanol–water partition coefficient (Wildman–Crippen LogP) is 0.999. The van der Waals surface area contributed by atoms with Crippen LogP contribution < -0.4 is 3.78 Å². The van der Waals surface area contributed by atoms with Crippen LogP contribution in [0.1, 0.15) is 16.9 Å². The number of aryl methyl sites for hydroxylation is 1. The summed E-state index contributed by atoms with van der Waals surface area (Å²) in [7, 11) is 0. The van der Waals surface area contributed by atoms with Crippen molar-refractivity contribution >= 4 is 26.3 Å². The van der Waals surface area contributed by atoms with Crippen molar-refractivity contribution in [2.75, 3.05) is 0 Å². The minimum atomic E-state index is 1.07. The average molecular weight is 228 g/mol. The zero-order valence-corrected chi connectivity index (χ0v) is 8.76. The van der Waals surface area contributed by atoms with Crippen molar-refractivity contribution in [3.8, 4) is 0 Å². The Hall–Kier alpha value is 0.0787. The van der Waals surface area contributed by atoms with Crippen LogP contribution >= 0.6 is 0 Å². The Morgan fingerprint density at radius 2 is 1.67 bits per heavy atom. The molecule has 0 amide bonds. The van der Waals surface area contributed by atoms with Gasteiger partial charge in [0.1, 0.15) is 0 Å². The molecule has 0 aliphatic carbocycles. The first-order chi connectivity index (χ1) is 4.13. The Bertz CT molecular complexity index is 203. The fourth-order valence-corrected chi connectivity index (χ4v) is 1.71. The van der Waals surface area contributed by atoms with Crippen LogP contribution in [0.15, 0.2) is 4.42 Å². The van der Waals surface area contributed by atoms with Crippen molar-refractivity contribution in [3.05, 3.63) is 16.9 Å². The first-order valence-electron chi connectivity index (χ1n) is 2.91. The molecule has 1 rings (SSSR count). The van der Waals surface area contributed by atoms with Crippen molar-refractivity contribution in [3.63, 3.8) is 0 Å². The van der Waals surface area contributed by atoms with E-state index in [9.17, 15) is 0 Å². The molecule has 0 bridgehead atoms. The number of furan rings is 1. The van der Waals surface area contributed by atoms with Crippen LogP contribution in [0.2, 0.25) is 0 Å². The standard InChI is InChI=1S/C7H9O.Sn/c1-5-4-8-7(3)6(5)2;/h1-3H3;. The van der Waals surface area contributed by atoms with Gasteiger partial charge in [-0.2, -0.15) is 0 Å². The quantitative estimate of drug-likeness (QED) is 0.603. The molecule has 0 aliphatic rings. The summed E-state index contributed by atoms with van der Waals surface area (Å²) in [4.78, 5) is 0. The van der Waals surface area contributed by atoms with E-state index in [1.165, 1.54) is 33.7 Å². The molecule has 0 fully saturated rings. The summed E-state index contributed by atoms with van der Waals surface area (Å²) < 4.78 is 6.52. The number of rotatable bonds is 0. The van der Waals surface area contributed by atoms with Gasteiger partial charge in [-0.05, 0) is 0 Å². The Labute approximate surface area is 68.5 Å². The van der Waals surface area contributed by atoms with E-state index in [4.69, 9.17) is 4.42 Å². The van der Waals surface area contributed by atoms with Crippen LogP contribution in [0, 0.1) is 20.8 Å². The van der Waals surface area contributed by atoms with E-state index >= 15 is 0 Å². The van der Waals surface area contributed by atoms with E-state index in [0.29, 0.717) is 0 Å². The molecule has 3 radical (unpaired) electrons. The molecule has 0 saturated carbocycles. The van der Waals surface area contributed by atoms with Crippen LogP contribution in [-0.4, -0.2) is 22.5 Å².